The van der Waals surface area contributed by atoms with Gasteiger partial charge in [-0.3, -0.25) is 0 Å². The molecule has 0 fully saturated rings. The Balaban J connectivity index is 0.892. The summed E-state index contributed by atoms with van der Waals surface area (Å²) < 4.78 is 77.7. The highest BCUT2D eigenvalue weighted by atomic mass is 16.6. The van der Waals surface area contributed by atoms with Crippen LogP contribution in [-0.2, 0) is 66.3 Å². The summed E-state index contributed by atoms with van der Waals surface area (Å²) in [5.41, 5.74) is 4.81. The highest BCUT2D eigenvalue weighted by molar-refractivity contribution is 5.79. The van der Waals surface area contributed by atoms with E-state index in [1.54, 1.807) is 0 Å². The molecular weight excluding hydrogens is 879 g/mol. The number of benzene rings is 2. The Kier molecular flexibility index (Phi) is 39.7. The maximum Gasteiger partial charge on any atom is 0.407 e. The Morgan fingerprint density at radius 3 is 0.985 bits per heavy atom. The van der Waals surface area contributed by atoms with Crippen molar-refractivity contribution in [1.82, 2.24) is 5.32 Å². The van der Waals surface area contributed by atoms with E-state index in [2.05, 4.69) is 36.5 Å². The zero-order valence-corrected chi connectivity index (χ0v) is 41.5. The second kappa shape index (κ2) is 45.3. The summed E-state index contributed by atoms with van der Waals surface area (Å²) in [6.07, 6.45) is 10.8. The molecule has 1 aliphatic rings. The summed E-state index contributed by atoms with van der Waals surface area (Å²) in [5.74, 6) is 0.0471. The molecule has 0 aliphatic heterocycles. The van der Waals surface area contributed by atoms with Gasteiger partial charge in [-0.25, -0.2) is 4.79 Å². The van der Waals surface area contributed by atoms with Gasteiger partial charge in [0, 0.05) is 25.7 Å². The van der Waals surface area contributed by atoms with Crippen molar-refractivity contribution in [2.45, 2.75) is 70.6 Å². The van der Waals surface area contributed by atoms with Gasteiger partial charge < -0.3 is 71.6 Å². The summed E-state index contributed by atoms with van der Waals surface area (Å²) in [6.45, 7) is 16.7. The molecule has 1 N–H and O–H groups in total. The lowest BCUT2D eigenvalue weighted by molar-refractivity contribution is -0.0290. The molecular formula is C52H87NO15. The molecule has 0 unspecified atom stereocenters. The molecule has 16 heteroatoms. The number of unbranched alkanes of at least 4 members (excludes halogenated alkanes) is 7. The number of fused-ring (bicyclic) bond motifs is 3. The van der Waals surface area contributed by atoms with E-state index < -0.39 is 6.09 Å². The number of nitrogens with one attached hydrogen (secondary N) is 1. The number of hydrogen-bond acceptors (Lipinski definition) is 15. The number of ether oxygens (including phenoxy) is 14. The summed E-state index contributed by atoms with van der Waals surface area (Å²) in [7, 11) is 0. The minimum Gasteiger partial charge on any atom is -0.449 e. The minimum absolute atomic E-state index is 0.0471. The van der Waals surface area contributed by atoms with Gasteiger partial charge in [-0.05, 0) is 35.1 Å². The van der Waals surface area contributed by atoms with Gasteiger partial charge in [0.2, 0.25) is 0 Å². The monoisotopic (exact) mass is 966 g/mol. The van der Waals surface area contributed by atoms with Crippen LogP contribution >= 0.6 is 0 Å². The molecule has 0 spiro atoms. The highest BCUT2D eigenvalue weighted by Gasteiger charge is 2.29. The molecule has 0 radical (unpaired) electrons. The average molecular weight is 966 g/mol. The first-order chi connectivity index (χ1) is 33.8. The van der Waals surface area contributed by atoms with Crippen molar-refractivity contribution in [1.29, 1.82) is 0 Å². The summed E-state index contributed by atoms with van der Waals surface area (Å²) in [6, 6.07) is 16.6. The lowest BCUT2D eigenvalue weighted by atomic mass is 9.98. The second-order valence-corrected chi connectivity index (χ2v) is 16.0. The lowest BCUT2D eigenvalue weighted by Crippen LogP contribution is -2.27. The van der Waals surface area contributed by atoms with Gasteiger partial charge in [-0.15, -0.1) is 0 Å². The highest BCUT2D eigenvalue weighted by Crippen LogP contribution is 2.44. The molecule has 2 aromatic rings. The molecule has 0 heterocycles. The van der Waals surface area contributed by atoms with Gasteiger partial charge in [-0.1, -0.05) is 100 Å². The van der Waals surface area contributed by atoms with E-state index in [4.69, 9.17) is 66.3 Å². The van der Waals surface area contributed by atoms with Crippen LogP contribution in [0.15, 0.2) is 48.5 Å². The van der Waals surface area contributed by atoms with Crippen LogP contribution in [0.4, 0.5) is 4.79 Å². The normalized spacial score (nSPS) is 12.2. The van der Waals surface area contributed by atoms with Gasteiger partial charge >= 0.3 is 6.09 Å². The Morgan fingerprint density at radius 2 is 0.647 bits per heavy atom. The predicted molar refractivity (Wildman–Crippen MR) is 261 cm³/mol. The van der Waals surface area contributed by atoms with E-state index in [9.17, 15) is 4.79 Å². The van der Waals surface area contributed by atoms with E-state index in [-0.39, 0.29) is 5.92 Å². The third kappa shape index (κ3) is 32.1. The van der Waals surface area contributed by atoms with Crippen LogP contribution in [0.1, 0.15) is 81.8 Å². The third-order valence-corrected chi connectivity index (χ3v) is 10.7. The molecule has 68 heavy (non-hydrogen) atoms. The van der Waals surface area contributed by atoms with Gasteiger partial charge in [0.25, 0.3) is 0 Å². The molecule has 2 aromatic carbocycles. The van der Waals surface area contributed by atoms with Gasteiger partial charge in [-0.2, -0.15) is 0 Å². The van der Waals surface area contributed by atoms with Crippen LogP contribution in [0.25, 0.3) is 11.1 Å². The molecule has 0 atom stereocenters. The standard InChI is InChI=1S/C52H87NO15/c1-2-3-4-5-6-7-8-13-20-55-22-24-57-26-28-59-30-32-61-34-36-63-38-40-65-42-44-67-45-43-66-41-39-64-37-35-62-33-31-60-29-27-58-25-23-56-21-14-19-53-52(54)68-46-51-49-17-11-9-15-47(49)48-16-10-12-18-50(48)51/h9-12,15-18,51H,2-8,13-14,19-46H2,1H3,(H,53,54). The van der Waals surface area contributed by atoms with Crippen molar-refractivity contribution in [3.63, 3.8) is 0 Å². The Labute approximate surface area is 407 Å². The van der Waals surface area contributed by atoms with Crippen LogP contribution in [0, 0.1) is 0 Å². The van der Waals surface area contributed by atoms with Gasteiger partial charge in [0.15, 0.2) is 0 Å². The van der Waals surface area contributed by atoms with Crippen molar-refractivity contribution < 1.29 is 71.1 Å². The number of alkyl carbamates (subject to hydrolysis) is 1. The number of carbonyl (C=O) groups excluding carboxylic acids is 1. The number of rotatable bonds is 51. The zero-order valence-electron chi connectivity index (χ0n) is 41.5. The molecule has 1 aliphatic carbocycles. The predicted octanol–water partition coefficient (Wildman–Crippen LogP) is 7.27. The van der Waals surface area contributed by atoms with Crippen molar-refractivity contribution in [2.75, 3.05) is 185 Å². The number of hydrogen-bond donors (Lipinski definition) is 1. The quantitative estimate of drug-likeness (QED) is 0.0660. The first-order valence-corrected chi connectivity index (χ1v) is 25.4. The lowest BCUT2D eigenvalue weighted by Gasteiger charge is -2.14. The maximum atomic E-state index is 12.3. The average Bonchev–Trinajstić information content (AvgIpc) is 3.68. The van der Waals surface area contributed by atoms with Crippen LogP contribution in [0.5, 0.6) is 0 Å². The van der Waals surface area contributed by atoms with Crippen LogP contribution < -0.4 is 5.32 Å². The SMILES string of the molecule is CCCCCCCCCCOCCOCCOCCOCCOCCOCCOCCOCCOCCOCCOCCOCCOCCCNC(=O)OCC1c2ccccc2-c2ccccc21. The fraction of sp³-hybridized carbons (Fsp3) is 0.750. The molecule has 0 saturated heterocycles. The first kappa shape index (κ1) is 59.5. The van der Waals surface area contributed by atoms with Crippen molar-refractivity contribution in [3.05, 3.63) is 59.7 Å². The Hall–Kier alpha value is -2.81. The largest absolute Gasteiger partial charge is 0.449 e. The van der Waals surface area contributed by atoms with E-state index in [1.807, 2.05) is 24.3 Å². The molecule has 390 valence electrons. The van der Waals surface area contributed by atoms with Crippen LogP contribution in [-0.4, -0.2) is 191 Å². The van der Waals surface area contributed by atoms with Gasteiger partial charge in [0.05, 0.1) is 159 Å². The summed E-state index contributed by atoms with van der Waals surface area (Å²) in [5, 5.41) is 2.81. The van der Waals surface area contributed by atoms with E-state index in [0.717, 1.165) is 13.0 Å². The number of amides is 1. The van der Waals surface area contributed by atoms with Crippen LogP contribution in [0.2, 0.25) is 0 Å². The molecule has 0 bridgehead atoms. The fourth-order valence-corrected chi connectivity index (χ4v) is 7.09. The maximum absolute atomic E-state index is 12.3. The number of carbonyl (C=O) groups is 1. The Bertz CT molecular complexity index is 1380. The zero-order chi connectivity index (χ0) is 47.9. The summed E-state index contributed by atoms with van der Waals surface area (Å²) >= 11 is 0. The van der Waals surface area contributed by atoms with E-state index >= 15 is 0 Å². The molecule has 0 aromatic heterocycles. The molecule has 1 amide bonds. The van der Waals surface area contributed by atoms with Gasteiger partial charge in [0.1, 0.15) is 6.61 Å². The Morgan fingerprint density at radius 1 is 0.368 bits per heavy atom. The second-order valence-electron chi connectivity index (χ2n) is 16.0. The smallest absolute Gasteiger partial charge is 0.407 e. The van der Waals surface area contributed by atoms with Crippen molar-refractivity contribution in [2.24, 2.45) is 0 Å². The first-order valence-electron chi connectivity index (χ1n) is 25.4. The van der Waals surface area contributed by atoms with E-state index in [1.165, 1.54) is 67.2 Å². The molecule has 0 saturated carbocycles. The third-order valence-electron chi connectivity index (χ3n) is 10.7. The fourth-order valence-electron chi connectivity index (χ4n) is 7.09. The topological polar surface area (TPSA) is 158 Å². The van der Waals surface area contributed by atoms with Crippen LogP contribution in [0.3, 0.4) is 0 Å². The van der Waals surface area contributed by atoms with E-state index in [0.29, 0.717) is 185 Å². The summed E-state index contributed by atoms with van der Waals surface area (Å²) in [4.78, 5) is 12.3. The van der Waals surface area contributed by atoms with Crippen molar-refractivity contribution >= 4 is 6.09 Å². The minimum atomic E-state index is -0.416. The molecule has 3 rings (SSSR count). The molecule has 16 nitrogen and oxygen atoms in total. The van der Waals surface area contributed by atoms with Crippen molar-refractivity contribution in [3.8, 4) is 11.1 Å².